The number of benzene rings is 1. The van der Waals surface area contributed by atoms with Crippen molar-refractivity contribution in [3.8, 4) is 0 Å². The van der Waals surface area contributed by atoms with Gasteiger partial charge in [0.25, 0.3) is 0 Å². The lowest BCUT2D eigenvalue weighted by molar-refractivity contribution is 0.602. The van der Waals surface area contributed by atoms with Crippen molar-refractivity contribution in [1.82, 2.24) is 9.78 Å². The van der Waals surface area contributed by atoms with E-state index in [0.29, 0.717) is 15.6 Å². The molecule has 0 spiro atoms. The zero-order valence-electron chi connectivity index (χ0n) is 11.0. The van der Waals surface area contributed by atoms with Crippen molar-refractivity contribution in [3.63, 3.8) is 0 Å². The van der Waals surface area contributed by atoms with Gasteiger partial charge in [-0.05, 0) is 19.1 Å². The molecule has 0 radical (unpaired) electrons. The summed E-state index contributed by atoms with van der Waals surface area (Å²) in [7, 11) is -3.43. The molecule has 5 nitrogen and oxygen atoms in total. The van der Waals surface area contributed by atoms with Crippen molar-refractivity contribution >= 4 is 50.6 Å². The number of nitrogens with zero attached hydrogens (tertiary/aromatic N) is 2. The summed E-state index contributed by atoms with van der Waals surface area (Å²) in [4.78, 5) is 0. The average molecular weight is 369 g/mol. The molecule has 0 amide bonds. The van der Waals surface area contributed by atoms with E-state index >= 15 is 0 Å². The second-order valence-electron chi connectivity index (χ2n) is 4.23. The number of hydrogen-bond donors (Lipinski definition) is 1. The molecular formula is C12H12Cl3N3O2S. The number of anilines is 1. The molecule has 0 aliphatic carbocycles. The summed E-state index contributed by atoms with van der Waals surface area (Å²) in [6.07, 6.45) is 1.51. The standard InChI is InChI=1S/C12H12Cl3N3O2S/c1-2-21(19,20)17-12-11(15)7-18(16-12)6-8-9(13)4-3-5-10(8)14/h3-5,7H,2,6H2,1H3,(H,16,17). The maximum absolute atomic E-state index is 11.5. The fourth-order valence-electron chi connectivity index (χ4n) is 1.61. The molecule has 114 valence electrons. The van der Waals surface area contributed by atoms with Crippen LogP contribution < -0.4 is 4.72 Å². The summed E-state index contributed by atoms with van der Waals surface area (Å²) in [5, 5.41) is 5.31. The van der Waals surface area contributed by atoms with E-state index in [1.165, 1.54) is 17.8 Å². The van der Waals surface area contributed by atoms with E-state index in [0.717, 1.165) is 0 Å². The maximum atomic E-state index is 11.5. The van der Waals surface area contributed by atoms with Crippen LogP contribution in [0.15, 0.2) is 24.4 Å². The van der Waals surface area contributed by atoms with Crippen LogP contribution in [0, 0.1) is 0 Å². The van der Waals surface area contributed by atoms with Gasteiger partial charge in [-0.15, -0.1) is 0 Å². The highest BCUT2D eigenvalue weighted by Crippen LogP contribution is 2.27. The summed E-state index contributed by atoms with van der Waals surface area (Å²) in [6.45, 7) is 1.81. The van der Waals surface area contributed by atoms with E-state index in [1.54, 1.807) is 18.2 Å². The Morgan fingerprint density at radius 3 is 2.38 bits per heavy atom. The molecule has 1 aromatic heterocycles. The third kappa shape index (κ3) is 4.03. The number of aromatic nitrogens is 2. The second-order valence-corrected chi connectivity index (χ2v) is 7.46. The first-order chi connectivity index (χ1) is 9.82. The van der Waals surface area contributed by atoms with Gasteiger partial charge in [-0.1, -0.05) is 40.9 Å². The molecule has 0 unspecified atom stereocenters. The Labute approximate surface area is 137 Å². The van der Waals surface area contributed by atoms with Gasteiger partial charge in [-0.3, -0.25) is 9.40 Å². The van der Waals surface area contributed by atoms with Crippen LogP contribution in [0.2, 0.25) is 15.1 Å². The zero-order valence-corrected chi connectivity index (χ0v) is 14.1. The fourth-order valence-corrected chi connectivity index (χ4v) is 2.97. The molecule has 0 saturated carbocycles. The Hall–Kier alpha value is -0.950. The summed E-state index contributed by atoms with van der Waals surface area (Å²) in [6, 6.07) is 5.17. The van der Waals surface area contributed by atoms with Crippen LogP contribution in [0.1, 0.15) is 12.5 Å². The van der Waals surface area contributed by atoms with Crippen LogP contribution >= 0.6 is 34.8 Å². The van der Waals surface area contributed by atoms with Gasteiger partial charge in [0, 0.05) is 21.8 Å². The number of sulfonamides is 1. The average Bonchev–Trinajstić information content (AvgIpc) is 2.74. The van der Waals surface area contributed by atoms with Gasteiger partial charge < -0.3 is 0 Å². The highest BCUT2D eigenvalue weighted by Gasteiger charge is 2.15. The van der Waals surface area contributed by atoms with E-state index in [4.69, 9.17) is 34.8 Å². The van der Waals surface area contributed by atoms with Crippen molar-refractivity contribution in [3.05, 3.63) is 45.0 Å². The first-order valence-corrected chi connectivity index (χ1v) is 8.77. The van der Waals surface area contributed by atoms with Crippen molar-refractivity contribution in [2.75, 3.05) is 10.5 Å². The third-order valence-corrected chi connectivity index (χ3v) is 4.98. The van der Waals surface area contributed by atoms with Crippen molar-refractivity contribution < 1.29 is 8.42 Å². The molecule has 0 aliphatic heterocycles. The summed E-state index contributed by atoms with van der Waals surface area (Å²) < 4.78 is 26.9. The monoisotopic (exact) mass is 367 g/mol. The van der Waals surface area contributed by atoms with Crippen molar-refractivity contribution in [2.45, 2.75) is 13.5 Å². The van der Waals surface area contributed by atoms with Gasteiger partial charge in [0.05, 0.1) is 12.3 Å². The lowest BCUT2D eigenvalue weighted by atomic mass is 10.2. The first-order valence-electron chi connectivity index (χ1n) is 5.98. The van der Waals surface area contributed by atoms with Gasteiger partial charge in [-0.25, -0.2) is 8.42 Å². The number of hydrogen-bond acceptors (Lipinski definition) is 3. The molecular weight excluding hydrogens is 357 g/mol. The molecule has 2 rings (SSSR count). The third-order valence-electron chi connectivity index (χ3n) is 2.73. The normalized spacial score (nSPS) is 11.6. The topological polar surface area (TPSA) is 64.0 Å². The van der Waals surface area contributed by atoms with E-state index in [1.807, 2.05) is 0 Å². The van der Waals surface area contributed by atoms with E-state index in [9.17, 15) is 8.42 Å². The molecule has 0 aliphatic rings. The van der Waals surface area contributed by atoms with Crippen LogP contribution in [0.4, 0.5) is 5.82 Å². The molecule has 1 heterocycles. The lowest BCUT2D eigenvalue weighted by Gasteiger charge is -2.07. The SMILES string of the molecule is CCS(=O)(=O)Nc1nn(Cc2c(Cl)cccc2Cl)cc1Cl. The molecule has 1 aromatic carbocycles. The van der Waals surface area contributed by atoms with Gasteiger partial charge in [-0.2, -0.15) is 5.10 Å². The second kappa shape index (κ2) is 6.44. The smallest absolute Gasteiger partial charge is 0.233 e. The largest absolute Gasteiger partial charge is 0.265 e. The minimum absolute atomic E-state index is 0.0630. The highest BCUT2D eigenvalue weighted by molar-refractivity contribution is 7.92. The summed E-state index contributed by atoms with van der Waals surface area (Å²) in [5.41, 5.74) is 0.685. The minimum Gasteiger partial charge on any atom is -0.265 e. The lowest BCUT2D eigenvalue weighted by Crippen LogP contribution is -2.15. The molecule has 0 saturated heterocycles. The molecule has 2 aromatic rings. The molecule has 1 N–H and O–H groups in total. The molecule has 21 heavy (non-hydrogen) atoms. The van der Waals surface area contributed by atoms with E-state index in [2.05, 4.69) is 9.82 Å². The molecule has 0 bridgehead atoms. The van der Waals surface area contributed by atoms with Crippen LogP contribution in [-0.4, -0.2) is 24.0 Å². The van der Waals surface area contributed by atoms with Gasteiger partial charge in [0.1, 0.15) is 5.02 Å². The van der Waals surface area contributed by atoms with Gasteiger partial charge in [0.15, 0.2) is 5.82 Å². The Morgan fingerprint density at radius 1 is 1.19 bits per heavy atom. The summed E-state index contributed by atoms with van der Waals surface area (Å²) in [5.74, 6) is 0.0219. The number of halogens is 3. The molecule has 0 fully saturated rings. The van der Waals surface area contributed by atoms with Crippen LogP contribution in [0.25, 0.3) is 0 Å². The zero-order chi connectivity index (χ0) is 15.6. The Morgan fingerprint density at radius 2 is 1.81 bits per heavy atom. The van der Waals surface area contributed by atoms with Crippen molar-refractivity contribution in [1.29, 1.82) is 0 Å². The highest BCUT2D eigenvalue weighted by atomic mass is 35.5. The van der Waals surface area contributed by atoms with E-state index < -0.39 is 10.0 Å². The quantitative estimate of drug-likeness (QED) is 0.876. The summed E-state index contributed by atoms with van der Waals surface area (Å²) >= 11 is 18.1. The first kappa shape index (κ1) is 16.4. The predicted molar refractivity (Wildman–Crippen MR) is 85.9 cm³/mol. The minimum atomic E-state index is -3.43. The van der Waals surface area contributed by atoms with Gasteiger partial charge in [0.2, 0.25) is 10.0 Å². The fraction of sp³-hybridized carbons (Fsp3) is 0.250. The number of rotatable bonds is 5. The molecule has 0 atom stereocenters. The maximum Gasteiger partial charge on any atom is 0.233 e. The van der Waals surface area contributed by atoms with Crippen LogP contribution in [-0.2, 0) is 16.6 Å². The number of nitrogens with one attached hydrogen (secondary N) is 1. The Kier molecular flexibility index (Phi) is 5.03. The van der Waals surface area contributed by atoms with Crippen molar-refractivity contribution in [2.24, 2.45) is 0 Å². The van der Waals surface area contributed by atoms with Gasteiger partial charge >= 0.3 is 0 Å². The molecule has 9 heteroatoms. The van der Waals surface area contributed by atoms with Crippen LogP contribution in [0.5, 0.6) is 0 Å². The Balaban J connectivity index is 2.27. The van der Waals surface area contributed by atoms with Crippen LogP contribution in [0.3, 0.4) is 0 Å². The Bertz CT molecular complexity index is 739. The predicted octanol–water partition coefficient (Wildman–Crippen LogP) is 3.65. The van der Waals surface area contributed by atoms with E-state index in [-0.39, 0.29) is 23.1 Å².